The molecule has 1 aromatic carbocycles. The quantitative estimate of drug-likeness (QED) is 0.796. The zero-order valence-electron chi connectivity index (χ0n) is 14.3. The normalized spacial score (nSPS) is 21.5. The number of anilines is 1. The molecule has 2 amide bonds. The number of alkyl halides is 3. The van der Waals surface area contributed by atoms with E-state index in [-0.39, 0.29) is 24.6 Å². The second kappa shape index (κ2) is 7.35. The number of carbonyl (C=O) groups is 3. The Balaban J connectivity index is 1.93. The third kappa shape index (κ3) is 4.74. The smallest absolute Gasteiger partial charge is 0.416 e. The maximum Gasteiger partial charge on any atom is 0.416 e. The van der Waals surface area contributed by atoms with Crippen LogP contribution in [0.5, 0.6) is 0 Å². The summed E-state index contributed by atoms with van der Waals surface area (Å²) in [6.07, 6.45) is -5.10. The van der Waals surface area contributed by atoms with Crippen molar-refractivity contribution in [1.82, 2.24) is 5.32 Å². The first kappa shape index (κ1) is 19.7. The first-order valence-corrected chi connectivity index (χ1v) is 7.97. The molecule has 2 N–H and O–H groups in total. The van der Waals surface area contributed by atoms with Crippen LogP contribution in [0.4, 0.5) is 18.9 Å². The third-order valence-corrected chi connectivity index (χ3v) is 4.21. The molecule has 0 spiro atoms. The van der Waals surface area contributed by atoms with Crippen LogP contribution in [0.3, 0.4) is 0 Å². The SMILES string of the molecule is CC(OC(=O)C1(C)CCC(=O)NC1)C(=O)Nc1ccc(C(F)(F)F)cc1. The molecular formula is C17H19F3N2O4. The summed E-state index contributed by atoms with van der Waals surface area (Å²) in [5.74, 6) is -1.43. The van der Waals surface area contributed by atoms with Crippen LogP contribution in [0.15, 0.2) is 24.3 Å². The molecule has 1 aromatic rings. The fraction of sp³-hybridized carbons (Fsp3) is 0.471. The summed E-state index contributed by atoms with van der Waals surface area (Å²) in [7, 11) is 0. The summed E-state index contributed by atoms with van der Waals surface area (Å²) in [6.45, 7) is 3.12. The molecule has 1 saturated heterocycles. The minimum atomic E-state index is -4.46. The Morgan fingerprint density at radius 1 is 1.27 bits per heavy atom. The molecule has 1 fully saturated rings. The number of esters is 1. The van der Waals surface area contributed by atoms with Crippen LogP contribution < -0.4 is 10.6 Å². The van der Waals surface area contributed by atoms with E-state index in [1.54, 1.807) is 6.92 Å². The maximum absolute atomic E-state index is 12.5. The van der Waals surface area contributed by atoms with Gasteiger partial charge in [0.2, 0.25) is 5.91 Å². The second-order valence-electron chi connectivity index (χ2n) is 6.45. The van der Waals surface area contributed by atoms with Crippen molar-refractivity contribution in [2.75, 3.05) is 11.9 Å². The predicted molar refractivity (Wildman–Crippen MR) is 86.0 cm³/mol. The maximum atomic E-state index is 12.5. The summed E-state index contributed by atoms with van der Waals surface area (Å²) in [5.41, 5.74) is -1.60. The number of carbonyl (C=O) groups excluding carboxylic acids is 3. The molecule has 26 heavy (non-hydrogen) atoms. The highest BCUT2D eigenvalue weighted by Gasteiger charge is 2.40. The lowest BCUT2D eigenvalue weighted by molar-refractivity contribution is -0.164. The van der Waals surface area contributed by atoms with E-state index in [1.807, 2.05) is 0 Å². The summed E-state index contributed by atoms with van der Waals surface area (Å²) >= 11 is 0. The largest absolute Gasteiger partial charge is 0.452 e. The lowest BCUT2D eigenvalue weighted by Crippen LogP contribution is -2.48. The highest BCUT2D eigenvalue weighted by Crippen LogP contribution is 2.30. The Hall–Kier alpha value is -2.58. The molecular weight excluding hydrogens is 353 g/mol. The fourth-order valence-electron chi connectivity index (χ4n) is 2.38. The molecule has 2 unspecified atom stereocenters. The molecule has 1 aliphatic heterocycles. The van der Waals surface area contributed by atoms with Gasteiger partial charge in [-0.3, -0.25) is 14.4 Å². The molecule has 9 heteroatoms. The van der Waals surface area contributed by atoms with Crippen molar-refractivity contribution in [1.29, 1.82) is 0 Å². The van der Waals surface area contributed by atoms with E-state index < -0.39 is 35.1 Å². The van der Waals surface area contributed by atoms with Crippen LogP contribution in [0.2, 0.25) is 0 Å². The Morgan fingerprint density at radius 3 is 2.38 bits per heavy atom. The van der Waals surface area contributed by atoms with Crippen molar-refractivity contribution in [2.24, 2.45) is 5.41 Å². The van der Waals surface area contributed by atoms with Gasteiger partial charge in [0.05, 0.1) is 11.0 Å². The van der Waals surface area contributed by atoms with E-state index in [4.69, 9.17) is 4.74 Å². The van der Waals surface area contributed by atoms with Crippen molar-refractivity contribution < 1.29 is 32.3 Å². The average molecular weight is 372 g/mol. The predicted octanol–water partition coefficient (Wildman–Crippen LogP) is 2.49. The monoisotopic (exact) mass is 372 g/mol. The van der Waals surface area contributed by atoms with Crippen molar-refractivity contribution in [3.63, 3.8) is 0 Å². The second-order valence-corrected chi connectivity index (χ2v) is 6.45. The average Bonchev–Trinajstić information content (AvgIpc) is 2.57. The molecule has 142 valence electrons. The van der Waals surface area contributed by atoms with Gasteiger partial charge in [-0.1, -0.05) is 0 Å². The topological polar surface area (TPSA) is 84.5 Å². The van der Waals surface area contributed by atoms with Gasteiger partial charge in [-0.2, -0.15) is 13.2 Å². The number of ether oxygens (including phenoxy) is 1. The summed E-state index contributed by atoms with van der Waals surface area (Å²) in [6, 6.07) is 3.93. The van der Waals surface area contributed by atoms with E-state index in [1.165, 1.54) is 6.92 Å². The van der Waals surface area contributed by atoms with Gasteiger partial charge in [-0.15, -0.1) is 0 Å². The number of hydrogen-bond acceptors (Lipinski definition) is 4. The highest BCUT2D eigenvalue weighted by atomic mass is 19.4. The molecule has 1 aliphatic rings. The van der Waals surface area contributed by atoms with Gasteiger partial charge >= 0.3 is 12.1 Å². The number of nitrogens with one attached hydrogen (secondary N) is 2. The Morgan fingerprint density at radius 2 is 1.88 bits per heavy atom. The van der Waals surface area contributed by atoms with E-state index in [2.05, 4.69) is 10.6 Å². The highest BCUT2D eigenvalue weighted by molar-refractivity contribution is 5.95. The third-order valence-electron chi connectivity index (χ3n) is 4.21. The Labute approximate surface area is 148 Å². The van der Waals surface area contributed by atoms with Gasteiger partial charge in [0.25, 0.3) is 5.91 Å². The zero-order valence-corrected chi connectivity index (χ0v) is 14.3. The first-order chi connectivity index (χ1) is 12.0. The molecule has 2 rings (SSSR count). The van der Waals surface area contributed by atoms with Crippen molar-refractivity contribution in [3.05, 3.63) is 29.8 Å². The van der Waals surface area contributed by atoms with Crippen LogP contribution >= 0.6 is 0 Å². The molecule has 0 aliphatic carbocycles. The lowest BCUT2D eigenvalue weighted by Gasteiger charge is -2.32. The molecule has 6 nitrogen and oxygen atoms in total. The standard InChI is InChI=1S/C17H19F3N2O4/c1-10(26-15(25)16(2)8-7-13(23)21-9-16)14(24)22-12-5-3-11(4-6-12)17(18,19)20/h3-6,10H,7-9H2,1-2H3,(H,21,23)(H,22,24). The van der Waals surface area contributed by atoms with Gasteiger partial charge in [0.1, 0.15) is 0 Å². The fourth-order valence-corrected chi connectivity index (χ4v) is 2.38. The van der Waals surface area contributed by atoms with Gasteiger partial charge in [0.15, 0.2) is 6.10 Å². The van der Waals surface area contributed by atoms with E-state index in [9.17, 15) is 27.6 Å². The van der Waals surface area contributed by atoms with Gasteiger partial charge in [0, 0.05) is 18.7 Å². The van der Waals surface area contributed by atoms with Gasteiger partial charge in [-0.05, 0) is 44.5 Å². The lowest BCUT2D eigenvalue weighted by atomic mass is 9.82. The number of amides is 2. The Kier molecular flexibility index (Phi) is 5.58. The van der Waals surface area contributed by atoms with Crippen LogP contribution in [-0.2, 0) is 25.3 Å². The van der Waals surface area contributed by atoms with Gasteiger partial charge < -0.3 is 15.4 Å². The number of halogens is 3. The number of piperidine rings is 1. The molecule has 1 heterocycles. The molecule has 0 saturated carbocycles. The number of hydrogen-bond donors (Lipinski definition) is 2. The van der Waals surface area contributed by atoms with E-state index in [0.29, 0.717) is 6.42 Å². The zero-order chi connectivity index (χ0) is 19.5. The molecule has 0 radical (unpaired) electrons. The minimum absolute atomic E-state index is 0.123. The minimum Gasteiger partial charge on any atom is -0.452 e. The van der Waals surface area contributed by atoms with Crippen molar-refractivity contribution in [2.45, 2.75) is 39.0 Å². The summed E-state index contributed by atoms with van der Waals surface area (Å²) < 4.78 is 42.7. The van der Waals surface area contributed by atoms with E-state index in [0.717, 1.165) is 24.3 Å². The molecule has 0 bridgehead atoms. The van der Waals surface area contributed by atoms with Crippen LogP contribution in [0, 0.1) is 5.41 Å². The first-order valence-electron chi connectivity index (χ1n) is 7.97. The summed E-state index contributed by atoms with van der Waals surface area (Å²) in [5, 5.41) is 4.98. The number of benzene rings is 1. The van der Waals surface area contributed by atoms with Crippen molar-refractivity contribution in [3.8, 4) is 0 Å². The summed E-state index contributed by atoms with van der Waals surface area (Å²) in [4.78, 5) is 35.6. The van der Waals surface area contributed by atoms with Crippen LogP contribution in [0.1, 0.15) is 32.3 Å². The van der Waals surface area contributed by atoms with E-state index >= 15 is 0 Å². The van der Waals surface area contributed by atoms with Crippen LogP contribution in [0.25, 0.3) is 0 Å². The Bertz CT molecular complexity index is 691. The number of rotatable bonds is 4. The molecule has 0 aromatic heterocycles. The van der Waals surface area contributed by atoms with Crippen molar-refractivity contribution >= 4 is 23.5 Å². The molecule has 2 atom stereocenters. The van der Waals surface area contributed by atoms with Crippen LogP contribution in [-0.4, -0.2) is 30.4 Å². The van der Waals surface area contributed by atoms with Gasteiger partial charge in [-0.25, -0.2) is 0 Å².